The lowest BCUT2D eigenvalue weighted by Gasteiger charge is -2.09. The fourth-order valence-electron chi connectivity index (χ4n) is 1.93. The maximum Gasteiger partial charge on any atom is 0.296 e. The molecule has 0 saturated heterocycles. The summed E-state index contributed by atoms with van der Waals surface area (Å²) in [5.41, 5.74) is 3.71. The topological polar surface area (TPSA) is 75.4 Å². The van der Waals surface area contributed by atoms with E-state index < -0.39 is 4.92 Å². The molecule has 2 aromatic carbocycles. The molecule has 2 aromatic rings. The Morgan fingerprint density at radius 2 is 1.90 bits per heavy atom. The van der Waals surface area contributed by atoms with Gasteiger partial charge in [0.1, 0.15) is 11.4 Å². The highest BCUT2D eigenvalue weighted by Gasteiger charge is 2.14. The van der Waals surface area contributed by atoms with Crippen LogP contribution in [0.3, 0.4) is 0 Å². The maximum atomic E-state index is 10.9. The zero-order chi connectivity index (χ0) is 14.7. The molecule has 2 N–H and O–H groups in total. The van der Waals surface area contributed by atoms with E-state index in [1.165, 1.54) is 23.3 Å². The smallest absolute Gasteiger partial charge is 0.296 e. The van der Waals surface area contributed by atoms with Gasteiger partial charge in [0.15, 0.2) is 0 Å². The Morgan fingerprint density at radius 1 is 1.15 bits per heavy atom. The zero-order valence-corrected chi connectivity index (χ0v) is 11.4. The van der Waals surface area contributed by atoms with Gasteiger partial charge in [-0.15, -0.1) is 0 Å². The van der Waals surface area contributed by atoms with Crippen LogP contribution in [-0.2, 0) is 6.54 Å². The van der Waals surface area contributed by atoms with Gasteiger partial charge in [0.05, 0.1) is 11.0 Å². The molecule has 0 aromatic heterocycles. The first kappa shape index (κ1) is 13.9. The molecule has 0 fully saturated rings. The van der Waals surface area contributed by atoms with Gasteiger partial charge in [-0.1, -0.05) is 18.2 Å². The van der Waals surface area contributed by atoms with E-state index in [1.54, 1.807) is 0 Å². The average Bonchev–Trinajstić information content (AvgIpc) is 2.41. The molecule has 0 atom stereocenters. The van der Waals surface area contributed by atoms with Crippen LogP contribution in [0.2, 0.25) is 0 Å². The third-order valence-corrected chi connectivity index (χ3v) is 3.23. The van der Waals surface area contributed by atoms with Crippen LogP contribution in [0.1, 0.15) is 16.7 Å². The second-order valence-electron chi connectivity index (χ2n) is 4.73. The number of nitrogens with zero attached hydrogens (tertiary/aromatic N) is 1. The predicted octanol–water partition coefficient (Wildman–Crippen LogP) is 3.53. The van der Waals surface area contributed by atoms with Gasteiger partial charge in [-0.3, -0.25) is 10.1 Å². The van der Waals surface area contributed by atoms with Crippen LogP contribution in [0.25, 0.3) is 0 Å². The van der Waals surface area contributed by atoms with Gasteiger partial charge in [0, 0.05) is 6.54 Å². The standard InChI is InChI=1S/C15H16N2O3/c1-10-3-4-12(7-11(10)2)9-16-14-6-5-13(18)8-15(14)17(19)20/h3-8,16,18H,9H2,1-2H3. The number of nitro groups is 1. The molecule has 0 unspecified atom stereocenters. The van der Waals surface area contributed by atoms with Crippen LogP contribution in [0.15, 0.2) is 36.4 Å². The minimum absolute atomic E-state index is 0.117. The quantitative estimate of drug-likeness (QED) is 0.507. The molecule has 0 saturated carbocycles. The first-order valence-electron chi connectivity index (χ1n) is 6.25. The van der Waals surface area contributed by atoms with Crippen molar-refractivity contribution < 1.29 is 10.0 Å². The van der Waals surface area contributed by atoms with Crippen molar-refractivity contribution in [1.29, 1.82) is 0 Å². The van der Waals surface area contributed by atoms with Crippen molar-refractivity contribution in [2.75, 3.05) is 5.32 Å². The lowest BCUT2D eigenvalue weighted by atomic mass is 10.1. The average molecular weight is 272 g/mol. The first-order valence-corrected chi connectivity index (χ1v) is 6.25. The van der Waals surface area contributed by atoms with E-state index in [0.717, 1.165) is 11.6 Å². The van der Waals surface area contributed by atoms with E-state index >= 15 is 0 Å². The Hall–Kier alpha value is -2.56. The van der Waals surface area contributed by atoms with Crippen LogP contribution >= 0.6 is 0 Å². The number of hydrogen-bond donors (Lipinski definition) is 2. The Labute approximate surface area is 117 Å². The molecule has 0 heterocycles. The molecule has 0 bridgehead atoms. The van der Waals surface area contributed by atoms with E-state index in [0.29, 0.717) is 12.2 Å². The maximum absolute atomic E-state index is 10.9. The SMILES string of the molecule is Cc1ccc(CNc2ccc(O)cc2[N+](=O)[O-])cc1C. The summed E-state index contributed by atoms with van der Waals surface area (Å²) < 4.78 is 0. The highest BCUT2D eigenvalue weighted by Crippen LogP contribution is 2.28. The second-order valence-corrected chi connectivity index (χ2v) is 4.73. The molecule has 104 valence electrons. The van der Waals surface area contributed by atoms with Crippen molar-refractivity contribution >= 4 is 11.4 Å². The predicted molar refractivity (Wildman–Crippen MR) is 78.0 cm³/mol. The molecule has 5 nitrogen and oxygen atoms in total. The largest absolute Gasteiger partial charge is 0.508 e. The van der Waals surface area contributed by atoms with E-state index in [9.17, 15) is 15.2 Å². The number of anilines is 1. The number of aryl methyl sites for hydroxylation is 2. The Balaban J connectivity index is 2.18. The summed E-state index contributed by atoms with van der Waals surface area (Å²) in [6.45, 7) is 4.56. The molecular weight excluding hydrogens is 256 g/mol. The van der Waals surface area contributed by atoms with Gasteiger partial charge in [-0.05, 0) is 42.7 Å². The fraction of sp³-hybridized carbons (Fsp3) is 0.200. The lowest BCUT2D eigenvalue weighted by Crippen LogP contribution is -2.03. The zero-order valence-electron chi connectivity index (χ0n) is 11.4. The van der Waals surface area contributed by atoms with Crippen LogP contribution < -0.4 is 5.32 Å². The second kappa shape index (κ2) is 5.61. The van der Waals surface area contributed by atoms with Crippen LogP contribution in [0, 0.1) is 24.0 Å². The monoisotopic (exact) mass is 272 g/mol. The first-order chi connectivity index (χ1) is 9.47. The van der Waals surface area contributed by atoms with Gasteiger partial charge in [0.25, 0.3) is 5.69 Å². The van der Waals surface area contributed by atoms with Crippen LogP contribution in [0.5, 0.6) is 5.75 Å². The molecule has 0 amide bonds. The summed E-state index contributed by atoms with van der Waals surface area (Å²) in [6, 6.07) is 10.1. The van der Waals surface area contributed by atoms with Gasteiger partial charge < -0.3 is 10.4 Å². The number of hydrogen-bond acceptors (Lipinski definition) is 4. The van der Waals surface area contributed by atoms with Crippen molar-refractivity contribution in [2.24, 2.45) is 0 Å². The number of phenolic OH excluding ortho intramolecular Hbond substituents is 1. The Morgan fingerprint density at radius 3 is 2.55 bits per heavy atom. The Bertz CT molecular complexity index is 654. The van der Waals surface area contributed by atoms with Crippen LogP contribution in [0.4, 0.5) is 11.4 Å². The summed E-state index contributed by atoms with van der Waals surface area (Å²) in [5.74, 6) is -0.117. The summed E-state index contributed by atoms with van der Waals surface area (Å²) in [6.07, 6.45) is 0. The van der Waals surface area contributed by atoms with Crippen molar-refractivity contribution in [3.8, 4) is 5.75 Å². The number of rotatable bonds is 4. The summed E-state index contributed by atoms with van der Waals surface area (Å²) in [5, 5.41) is 23.3. The third kappa shape index (κ3) is 3.06. The van der Waals surface area contributed by atoms with Gasteiger partial charge in [-0.2, -0.15) is 0 Å². The molecule has 0 aliphatic rings. The highest BCUT2D eigenvalue weighted by atomic mass is 16.6. The van der Waals surface area contributed by atoms with E-state index in [-0.39, 0.29) is 11.4 Å². The van der Waals surface area contributed by atoms with E-state index in [4.69, 9.17) is 0 Å². The van der Waals surface area contributed by atoms with E-state index in [1.807, 2.05) is 26.0 Å². The molecule has 2 rings (SSSR count). The molecule has 20 heavy (non-hydrogen) atoms. The van der Waals surface area contributed by atoms with Gasteiger partial charge >= 0.3 is 0 Å². The minimum atomic E-state index is -0.511. The van der Waals surface area contributed by atoms with Crippen molar-refractivity contribution in [3.05, 3.63) is 63.2 Å². The summed E-state index contributed by atoms with van der Waals surface area (Å²) in [4.78, 5) is 10.4. The molecule has 0 aliphatic carbocycles. The van der Waals surface area contributed by atoms with Crippen molar-refractivity contribution in [2.45, 2.75) is 20.4 Å². The normalized spacial score (nSPS) is 10.3. The van der Waals surface area contributed by atoms with Gasteiger partial charge in [-0.25, -0.2) is 0 Å². The van der Waals surface area contributed by atoms with Crippen molar-refractivity contribution in [3.63, 3.8) is 0 Å². The van der Waals surface area contributed by atoms with Crippen LogP contribution in [-0.4, -0.2) is 10.0 Å². The number of phenols is 1. The highest BCUT2D eigenvalue weighted by molar-refractivity contribution is 5.63. The van der Waals surface area contributed by atoms with Crippen molar-refractivity contribution in [1.82, 2.24) is 0 Å². The molecule has 0 radical (unpaired) electrons. The van der Waals surface area contributed by atoms with E-state index in [2.05, 4.69) is 11.4 Å². The number of nitrogens with one attached hydrogen (secondary N) is 1. The molecule has 0 spiro atoms. The summed E-state index contributed by atoms with van der Waals surface area (Å²) in [7, 11) is 0. The number of benzene rings is 2. The Kier molecular flexibility index (Phi) is 3.89. The fourth-order valence-corrected chi connectivity index (χ4v) is 1.93. The number of aromatic hydroxyl groups is 1. The third-order valence-electron chi connectivity index (χ3n) is 3.23. The molecule has 5 heteroatoms. The number of nitro benzene ring substituents is 1. The lowest BCUT2D eigenvalue weighted by molar-refractivity contribution is -0.384. The van der Waals surface area contributed by atoms with Gasteiger partial charge in [0.2, 0.25) is 0 Å². The molecule has 0 aliphatic heterocycles. The summed E-state index contributed by atoms with van der Waals surface area (Å²) >= 11 is 0. The minimum Gasteiger partial charge on any atom is -0.508 e. The molecular formula is C15H16N2O3.